The summed E-state index contributed by atoms with van der Waals surface area (Å²) in [5.41, 5.74) is 0.191. The summed E-state index contributed by atoms with van der Waals surface area (Å²) in [6.45, 7) is 2.53. The zero-order valence-electron chi connectivity index (χ0n) is 18.7. The monoisotopic (exact) mass is 519 g/mol. The van der Waals surface area contributed by atoms with Crippen LogP contribution in [0.15, 0.2) is 53.9 Å². The van der Waals surface area contributed by atoms with Crippen molar-refractivity contribution >= 4 is 60.5 Å². The number of sulfonamides is 1. The van der Waals surface area contributed by atoms with Gasteiger partial charge in [0.25, 0.3) is 11.8 Å². The fourth-order valence-electron chi connectivity index (χ4n) is 4.46. The van der Waals surface area contributed by atoms with Gasteiger partial charge in [0.05, 0.1) is 11.3 Å². The maximum Gasteiger partial charge on any atom is 0.256 e. The smallest absolute Gasteiger partial charge is 0.256 e. The SMILES string of the molecule is CCC1(C(=O)N(CCCS(N)(=O)=O)c2ccc(Cl)cc2)CCN1C(=O)c1csc2ccccc12. The Morgan fingerprint density at radius 2 is 1.88 bits per heavy atom. The molecular formula is C24H26ClN3O4S2. The molecule has 1 fully saturated rings. The van der Waals surface area contributed by atoms with E-state index in [1.165, 1.54) is 11.3 Å². The molecule has 2 aromatic carbocycles. The number of nitrogens with zero attached hydrogens (tertiary/aromatic N) is 2. The van der Waals surface area contributed by atoms with E-state index in [1.807, 2.05) is 36.6 Å². The number of amides is 2. The van der Waals surface area contributed by atoms with Crippen molar-refractivity contribution in [3.8, 4) is 0 Å². The average Bonchev–Trinajstić information content (AvgIpc) is 3.21. The minimum atomic E-state index is -3.66. The summed E-state index contributed by atoms with van der Waals surface area (Å²) < 4.78 is 24.0. The minimum absolute atomic E-state index is 0.155. The van der Waals surface area contributed by atoms with Crippen LogP contribution in [0.3, 0.4) is 0 Å². The summed E-state index contributed by atoms with van der Waals surface area (Å²) in [6, 6.07) is 14.5. The predicted octanol–water partition coefficient (Wildman–Crippen LogP) is 4.26. The zero-order valence-corrected chi connectivity index (χ0v) is 21.1. The van der Waals surface area contributed by atoms with Crippen molar-refractivity contribution in [2.24, 2.45) is 5.14 Å². The van der Waals surface area contributed by atoms with Gasteiger partial charge in [0.1, 0.15) is 5.54 Å². The first-order valence-electron chi connectivity index (χ1n) is 11.0. The van der Waals surface area contributed by atoms with Crippen LogP contribution in [0.25, 0.3) is 10.1 Å². The minimum Gasteiger partial charge on any atom is -0.324 e. The number of hydrogen-bond acceptors (Lipinski definition) is 5. The Morgan fingerprint density at radius 1 is 1.18 bits per heavy atom. The van der Waals surface area contributed by atoms with Crippen molar-refractivity contribution in [3.05, 3.63) is 64.5 Å². The number of rotatable bonds is 8. The first-order valence-corrected chi connectivity index (χ1v) is 14.0. The average molecular weight is 520 g/mol. The third-order valence-electron chi connectivity index (χ3n) is 6.40. The second-order valence-electron chi connectivity index (χ2n) is 8.39. The van der Waals surface area contributed by atoms with E-state index in [9.17, 15) is 18.0 Å². The second-order valence-corrected chi connectivity index (χ2v) is 11.5. The number of halogens is 1. The molecule has 7 nitrogen and oxygen atoms in total. The number of primary sulfonamides is 1. The van der Waals surface area contributed by atoms with Crippen LogP contribution in [0.1, 0.15) is 36.5 Å². The molecule has 34 heavy (non-hydrogen) atoms. The molecule has 10 heteroatoms. The van der Waals surface area contributed by atoms with Gasteiger partial charge < -0.3 is 9.80 Å². The Hall–Kier alpha value is -2.46. The lowest BCUT2D eigenvalue weighted by atomic mass is 9.79. The number of hydrogen-bond donors (Lipinski definition) is 1. The van der Waals surface area contributed by atoms with Gasteiger partial charge in [-0.25, -0.2) is 13.6 Å². The van der Waals surface area contributed by atoms with Gasteiger partial charge in [-0.2, -0.15) is 0 Å². The highest BCUT2D eigenvalue weighted by molar-refractivity contribution is 7.89. The van der Waals surface area contributed by atoms with Gasteiger partial charge in [0.2, 0.25) is 10.0 Å². The van der Waals surface area contributed by atoms with E-state index in [0.717, 1.165) is 10.1 Å². The van der Waals surface area contributed by atoms with Crippen LogP contribution in [0.5, 0.6) is 0 Å². The normalized spacial score (nSPS) is 18.0. The van der Waals surface area contributed by atoms with Crippen molar-refractivity contribution < 1.29 is 18.0 Å². The highest BCUT2D eigenvalue weighted by Gasteiger charge is 2.54. The van der Waals surface area contributed by atoms with Gasteiger partial charge in [0.15, 0.2) is 0 Å². The predicted molar refractivity (Wildman–Crippen MR) is 137 cm³/mol. The van der Waals surface area contributed by atoms with Gasteiger partial charge in [-0.1, -0.05) is 36.7 Å². The van der Waals surface area contributed by atoms with Crippen molar-refractivity contribution in [2.45, 2.75) is 31.7 Å². The van der Waals surface area contributed by atoms with Gasteiger partial charge >= 0.3 is 0 Å². The van der Waals surface area contributed by atoms with Crippen LogP contribution in [0, 0.1) is 0 Å². The van der Waals surface area contributed by atoms with Gasteiger partial charge in [-0.05, 0) is 49.6 Å². The fourth-order valence-corrected chi connectivity index (χ4v) is 6.06. The molecule has 1 saturated heterocycles. The Labute approximate surface area is 208 Å². The highest BCUT2D eigenvalue weighted by Crippen LogP contribution is 2.40. The molecule has 0 bridgehead atoms. The molecule has 3 aromatic rings. The largest absolute Gasteiger partial charge is 0.324 e. The maximum absolute atomic E-state index is 14.0. The third-order valence-corrected chi connectivity index (χ3v) is 8.47. The van der Waals surface area contributed by atoms with E-state index in [4.69, 9.17) is 16.7 Å². The molecule has 0 spiro atoms. The lowest BCUT2D eigenvalue weighted by molar-refractivity contribution is -0.136. The van der Waals surface area contributed by atoms with Crippen molar-refractivity contribution in [1.29, 1.82) is 0 Å². The Morgan fingerprint density at radius 3 is 2.50 bits per heavy atom. The number of anilines is 1. The first kappa shape index (κ1) is 24.7. The van der Waals surface area contributed by atoms with Crippen LogP contribution in [0.4, 0.5) is 5.69 Å². The molecule has 2 heterocycles. The van der Waals surface area contributed by atoms with Crippen LogP contribution >= 0.6 is 22.9 Å². The van der Waals surface area contributed by atoms with E-state index in [1.54, 1.807) is 34.1 Å². The molecule has 2 amide bonds. The molecule has 1 atom stereocenters. The molecule has 2 N–H and O–H groups in total. The molecule has 180 valence electrons. The maximum atomic E-state index is 14.0. The molecule has 0 saturated carbocycles. The first-order chi connectivity index (χ1) is 16.2. The highest BCUT2D eigenvalue weighted by atomic mass is 35.5. The number of thiophene rings is 1. The lowest BCUT2D eigenvalue weighted by Crippen LogP contribution is -2.69. The van der Waals surface area contributed by atoms with Crippen LogP contribution in [0.2, 0.25) is 5.02 Å². The second kappa shape index (κ2) is 9.65. The molecule has 4 rings (SSSR count). The molecule has 1 aromatic heterocycles. The number of fused-ring (bicyclic) bond motifs is 1. The Balaban J connectivity index is 1.65. The Bertz CT molecular complexity index is 1320. The van der Waals surface area contributed by atoms with Gasteiger partial charge in [0, 0.05) is 39.3 Å². The van der Waals surface area contributed by atoms with Crippen LogP contribution in [-0.2, 0) is 14.8 Å². The number of benzene rings is 2. The van der Waals surface area contributed by atoms with E-state index < -0.39 is 15.6 Å². The molecule has 0 aliphatic carbocycles. The summed E-state index contributed by atoms with van der Waals surface area (Å²) >= 11 is 7.54. The fraction of sp³-hybridized carbons (Fsp3) is 0.333. The number of likely N-dealkylation sites (tertiary alicyclic amines) is 1. The van der Waals surface area contributed by atoms with Gasteiger partial charge in [-0.3, -0.25) is 9.59 Å². The third kappa shape index (κ3) is 4.70. The number of carbonyl (C=O) groups excluding carboxylic acids is 2. The number of nitrogens with two attached hydrogens (primary N) is 1. The van der Waals surface area contributed by atoms with Crippen LogP contribution < -0.4 is 10.0 Å². The summed E-state index contributed by atoms with van der Waals surface area (Å²) in [5.74, 6) is -0.641. The van der Waals surface area contributed by atoms with Crippen molar-refractivity contribution in [2.75, 3.05) is 23.7 Å². The van der Waals surface area contributed by atoms with E-state index in [-0.39, 0.29) is 30.5 Å². The zero-order chi connectivity index (χ0) is 24.5. The molecule has 1 aliphatic rings. The molecule has 0 radical (unpaired) electrons. The van der Waals surface area contributed by atoms with E-state index >= 15 is 0 Å². The van der Waals surface area contributed by atoms with Crippen molar-refractivity contribution in [3.63, 3.8) is 0 Å². The van der Waals surface area contributed by atoms with Gasteiger partial charge in [-0.15, -0.1) is 11.3 Å². The standard InChI is InChI=1S/C24H26ClN3O4S2/c1-2-24(12-14-28(24)22(29)20-16-33-21-7-4-3-6-19(20)21)23(30)27(13-5-15-34(26,31)32)18-10-8-17(25)9-11-18/h3-4,6-11,16H,2,5,12-15H2,1H3,(H2,26,31,32). The topological polar surface area (TPSA) is 101 Å². The Kier molecular flexibility index (Phi) is 7.00. The van der Waals surface area contributed by atoms with E-state index in [0.29, 0.717) is 35.7 Å². The molecule has 1 unspecified atom stereocenters. The molecule has 1 aliphatic heterocycles. The van der Waals surface area contributed by atoms with Crippen LogP contribution in [-0.4, -0.2) is 49.5 Å². The summed E-state index contributed by atoms with van der Waals surface area (Å²) in [5, 5.41) is 8.42. The van der Waals surface area contributed by atoms with E-state index in [2.05, 4.69) is 0 Å². The molecular weight excluding hydrogens is 494 g/mol. The number of carbonyl (C=O) groups is 2. The lowest BCUT2D eigenvalue weighted by Gasteiger charge is -2.52. The summed E-state index contributed by atoms with van der Waals surface area (Å²) in [4.78, 5) is 30.8. The van der Waals surface area contributed by atoms with Crippen molar-refractivity contribution in [1.82, 2.24) is 4.90 Å². The summed E-state index contributed by atoms with van der Waals surface area (Å²) in [7, 11) is -3.66. The quantitative estimate of drug-likeness (QED) is 0.480. The summed E-state index contributed by atoms with van der Waals surface area (Å²) in [6.07, 6.45) is 1.16.